The molecule has 2 unspecified atom stereocenters. The Balaban J connectivity index is 1.70. The van der Waals surface area contributed by atoms with E-state index in [1.165, 1.54) is 24.5 Å². The number of amides is 2. The van der Waals surface area contributed by atoms with Gasteiger partial charge in [-0.15, -0.1) is 11.3 Å². The minimum atomic E-state index is -4.68. The highest BCUT2D eigenvalue weighted by Gasteiger charge is 2.34. The summed E-state index contributed by atoms with van der Waals surface area (Å²) in [5.41, 5.74) is -1.12. The molecule has 4 heterocycles. The molecule has 2 amide bonds. The predicted molar refractivity (Wildman–Crippen MR) is 145 cm³/mol. The number of fused-ring (bicyclic) bond motifs is 1. The number of alkyl halides is 3. The molecule has 11 nitrogen and oxygen atoms in total. The van der Waals surface area contributed by atoms with Crippen molar-refractivity contribution in [1.29, 1.82) is 0 Å². The van der Waals surface area contributed by atoms with Crippen LogP contribution < -0.4 is 21.4 Å². The van der Waals surface area contributed by atoms with Gasteiger partial charge in [0.05, 0.1) is 17.7 Å². The summed E-state index contributed by atoms with van der Waals surface area (Å²) in [6, 6.07) is 4.91. The fourth-order valence-corrected chi connectivity index (χ4v) is 5.52. The van der Waals surface area contributed by atoms with Gasteiger partial charge in [0.15, 0.2) is 5.69 Å². The lowest BCUT2D eigenvalue weighted by atomic mass is 9.99. The third-order valence-electron chi connectivity index (χ3n) is 6.59. The zero-order valence-electron chi connectivity index (χ0n) is 21.3. The van der Waals surface area contributed by atoms with Gasteiger partial charge in [-0.1, -0.05) is 6.07 Å². The lowest BCUT2D eigenvalue weighted by Gasteiger charge is -2.21. The van der Waals surface area contributed by atoms with Gasteiger partial charge in [0.25, 0.3) is 0 Å². The van der Waals surface area contributed by atoms with Crippen molar-refractivity contribution in [3.8, 4) is 21.7 Å². The minimum absolute atomic E-state index is 0.00868. The number of carbonyl (C=O) groups excluding carboxylic acids is 1. The summed E-state index contributed by atoms with van der Waals surface area (Å²) in [6.07, 6.45) is -2.96. The Hall–Kier alpha value is -4.34. The van der Waals surface area contributed by atoms with E-state index in [0.717, 1.165) is 16.7 Å². The summed E-state index contributed by atoms with van der Waals surface area (Å²) in [7, 11) is 0. The Morgan fingerprint density at radius 2 is 2.00 bits per heavy atom. The number of aromatic carboxylic acids is 1. The third-order valence-corrected chi connectivity index (χ3v) is 7.47. The van der Waals surface area contributed by atoms with Gasteiger partial charge in [-0.3, -0.25) is 10.1 Å². The highest BCUT2D eigenvalue weighted by Crippen LogP contribution is 2.39. The molecule has 1 fully saturated rings. The SMILES string of the molecule is CCNC(=O)Nc1cc(-c2nc(C(F)(F)F)cs2)c(-c2ccc3c(c2)c(=O)c(C(=O)O)cn3C2CNCC2O)cn1. The first-order valence-electron chi connectivity index (χ1n) is 12.4. The molecule has 1 saturated heterocycles. The fourth-order valence-electron chi connectivity index (χ4n) is 4.66. The number of halogens is 3. The maximum atomic E-state index is 13.4. The average molecular weight is 589 g/mol. The number of carboxylic acid groups (broad SMARTS) is 1. The number of β-amino-alcohol motifs (C(OH)–C–C–N with tert-alkyl or cyclic N) is 1. The zero-order chi connectivity index (χ0) is 29.5. The van der Waals surface area contributed by atoms with Crippen LogP contribution in [0.25, 0.3) is 32.6 Å². The lowest BCUT2D eigenvalue weighted by Crippen LogP contribution is -2.28. The summed E-state index contributed by atoms with van der Waals surface area (Å²) < 4.78 is 41.6. The molecule has 1 aromatic carbocycles. The molecular formula is C26H23F3N6O5S. The number of nitrogens with zero attached hydrogens (tertiary/aromatic N) is 3. The Morgan fingerprint density at radius 1 is 1.22 bits per heavy atom. The standard InChI is InChI=1S/C26H23F3N6O5S/c1-2-31-25(40)34-21-6-13(23-33-20(11-41-23)26(27,28)29)15(7-32-21)12-3-4-17-14(5-12)22(37)16(24(38)39)10-35(17)18-8-30-9-19(18)36/h3-7,10-11,18-19,30,36H,2,8-9H2,1H3,(H,38,39)(H2,31,32,34,40). The molecule has 0 saturated carbocycles. The maximum absolute atomic E-state index is 13.4. The van der Waals surface area contributed by atoms with Gasteiger partial charge < -0.3 is 25.4 Å². The van der Waals surface area contributed by atoms with Crippen LogP contribution in [0.2, 0.25) is 0 Å². The summed E-state index contributed by atoms with van der Waals surface area (Å²) in [5.74, 6) is -1.39. The third kappa shape index (κ3) is 5.51. The van der Waals surface area contributed by atoms with Gasteiger partial charge in [-0.25, -0.2) is 19.6 Å². The number of nitrogens with one attached hydrogen (secondary N) is 3. The maximum Gasteiger partial charge on any atom is 0.434 e. The van der Waals surface area contributed by atoms with Crippen molar-refractivity contribution in [3.05, 3.63) is 63.5 Å². The Morgan fingerprint density at radius 3 is 2.63 bits per heavy atom. The van der Waals surface area contributed by atoms with E-state index in [1.807, 2.05) is 0 Å². The molecular weight excluding hydrogens is 565 g/mol. The lowest BCUT2D eigenvalue weighted by molar-refractivity contribution is -0.140. The van der Waals surface area contributed by atoms with E-state index in [0.29, 0.717) is 29.7 Å². The number of rotatable bonds is 6. The summed E-state index contributed by atoms with van der Waals surface area (Å²) in [5, 5.41) is 29.1. The number of aliphatic hydroxyl groups is 1. The first-order valence-corrected chi connectivity index (χ1v) is 13.2. The van der Waals surface area contributed by atoms with Crippen LogP contribution >= 0.6 is 11.3 Å². The van der Waals surface area contributed by atoms with Crippen LogP contribution in [-0.2, 0) is 6.18 Å². The quantitative estimate of drug-likeness (QED) is 0.229. The van der Waals surface area contributed by atoms with Crippen LogP contribution in [0.3, 0.4) is 0 Å². The molecule has 0 aliphatic carbocycles. The Kier molecular flexibility index (Phi) is 7.50. The summed E-state index contributed by atoms with van der Waals surface area (Å²) >= 11 is 0.743. The molecule has 5 rings (SSSR count). The van der Waals surface area contributed by atoms with Crippen molar-refractivity contribution in [3.63, 3.8) is 0 Å². The molecule has 214 valence electrons. The molecule has 0 radical (unpaired) electrons. The van der Waals surface area contributed by atoms with Crippen LogP contribution in [-0.4, -0.2) is 62.5 Å². The minimum Gasteiger partial charge on any atom is -0.477 e. The molecule has 3 aromatic heterocycles. The van der Waals surface area contributed by atoms with Crippen molar-refractivity contribution in [2.45, 2.75) is 25.2 Å². The van der Waals surface area contributed by atoms with Crippen LogP contribution in [0.4, 0.5) is 23.8 Å². The van der Waals surface area contributed by atoms with Gasteiger partial charge in [0.2, 0.25) is 5.43 Å². The molecule has 15 heteroatoms. The van der Waals surface area contributed by atoms with Gasteiger partial charge in [0, 0.05) is 53.9 Å². The Labute approximate surface area is 233 Å². The number of thiazole rings is 1. The summed E-state index contributed by atoms with van der Waals surface area (Å²) in [6.45, 7) is 2.68. The number of anilines is 1. The molecule has 2 atom stereocenters. The molecule has 4 aromatic rings. The largest absolute Gasteiger partial charge is 0.477 e. The van der Waals surface area contributed by atoms with Crippen molar-refractivity contribution < 1.29 is 33.0 Å². The van der Waals surface area contributed by atoms with Gasteiger partial charge >= 0.3 is 18.2 Å². The van der Waals surface area contributed by atoms with Crippen LogP contribution in [0.1, 0.15) is 29.0 Å². The van der Waals surface area contributed by atoms with Crippen LogP contribution in [0, 0.1) is 0 Å². The van der Waals surface area contributed by atoms with E-state index in [2.05, 4.69) is 25.9 Å². The second-order valence-corrected chi connectivity index (χ2v) is 10.1. The van der Waals surface area contributed by atoms with E-state index >= 15 is 0 Å². The van der Waals surface area contributed by atoms with Gasteiger partial charge in [0.1, 0.15) is 16.4 Å². The van der Waals surface area contributed by atoms with Crippen molar-refractivity contribution in [2.24, 2.45) is 0 Å². The van der Waals surface area contributed by atoms with Gasteiger partial charge in [-0.05, 0) is 30.7 Å². The number of carboxylic acids is 1. The topological polar surface area (TPSA) is 158 Å². The number of urea groups is 1. The van der Waals surface area contributed by atoms with Gasteiger partial charge in [-0.2, -0.15) is 13.2 Å². The average Bonchev–Trinajstić information content (AvgIpc) is 3.58. The molecule has 1 aliphatic rings. The molecule has 1 aliphatic heterocycles. The molecule has 5 N–H and O–H groups in total. The number of aromatic nitrogens is 3. The van der Waals surface area contributed by atoms with E-state index in [9.17, 15) is 37.8 Å². The number of hydrogen-bond acceptors (Lipinski definition) is 8. The first kappa shape index (κ1) is 28.2. The summed E-state index contributed by atoms with van der Waals surface area (Å²) in [4.78, 5) is 45.2. The van der Waals surface area contributed by atoms with E-state index in [-0.39, 0.29) is 28.3 Å². The molecule has 41 heavy (non-hydrogen) atoms. The number of aliphatic hydroxyl groups excluding tert-OH is 1. The zero-order valence-corrected chi connectivity index (χ0v) is 22.1. The van der Waals surface area contributed by atoms with Crippen molar-refractivity contribution in [2.75, 3.05) is 25.0 Å². The monoisotopic (exact) mass is 588 g/mol. The predicted octanol–water partition coefficient (Wildman–Crippen LogP) is 3.55. The first-order chi connectivity index (χ1) is 19.5. The number of pyridine rings is 2. The van der Waals surface area contributed by atoms with E-state index in [1.54, 1.807) is 23.6 Å². The van der Waals surface area contributed by atoms with Crippen LogP contribution in [0.15, 0.2) is 46.8 Å². The fraction of sp³-hybridized carbons (Fsp3) is 0.269. The van der Waals surface area contributed by atoms with E-state index in [4.69, 9.17) is 0 Å². The van der Waals surface area contributed by atoms with E-state index < -0.39 is 47.0 Å². The second-order valence-electron chi connectivity index (χ2n) is 9.24. The normalized spacial score (nSPS) is 17.1. The second kappa shape index (κ2) is 10.9. The number of benzene rings is 1. The van der Waals surface area contributed by atoms with Crippen molar-refractivity contribution >= 4 is 40.1 Å². The highest BCUT2D eigenvalue weighted by molar-refractivity contribution is 7.13. The molecule has 0 spiro atoms. The number of carbonyl (C=O) groups is 2. The Bertz CT molecular complexity index is 1720. The van der Waals surface area contributed by atoms with Crippen molar-refractivity contribution in [1.82, 2.24) is 25.2 Å². The highest BCUT2D eigenvalue weighted by atomic mass is 32.1. The van der Waals surface area contributed by atoms with Crippen LogP contribution in [0.5, 0.6) is 0 Å². The number of hydrogen-bond donors (Lipinski definition) is 5. The smallest absolute Gasteiger partial charge is 0.434 e. The molecule has 0 bridgehead atoms.